The highest BCUT2D eigenvalue weighted by Crippen LogP contribution is 2.63. The van der Waals surface area contributed by atoms with Crippen molar-refractivity contribution in [1.82, 2.24) is 4.90 Å². The normalized spacial score (nSPS) is 30.8. The molecule has 2 unspecified atom stereocenters. The summed E-state index contributed by atoms with van der Waals surface area (Å²) in [6.45, 7) is 3.37. The van der Waals surface area contributed by atoms with Crippen LogP contribution in [0.3, 0.4) is 0 Å². The van der Waals surface area contributed by atoms with Crippen LogP contribution in [0, 0.1) is 11.8 Å². The number of hydrogen-bond acceptors (Lipinski definition) is 6. The maximum Gasteiger partial charge on any atom is 0.312 e. The minimum atomic E-state index is -1.20. The molecule has 6 atom stereocenters. The van der Waals surface area contributed by atoms with Crippen LogP contribution in [0.15, 0.2) is 54.6 Å². The van der Waals surface area contributed by atoms with Gasteiger partial charge in [-0.2, -0.15) is 0 Å². The van der Waals surface area contributed by atoms with Gasteiger partial charge in [-0.1, -0.05) is 41.9 Å². The van der Waals surface area contributed by atoms with E-state index in [1.54, 1.807) is 31.2 Å². The van der Waals surface area contributed by atoms with Crippen molar-refractivity contribution in [3.63, 3.8) is 0 Å². The smallest absolute Gasteiger partial charge is 0.312 e. The number of nitrogens with one attached hydrogen (secondary N) is 1. The van der Waals surface area contributed by atoms with Crippen molar-refractivity contribution in [2.75, 3.05) is 18.5 Å². The molecule has 196 valence electrons. The summed E-state index contributed by atoms with van der Waals surface area (Å²) in [6.07, 6.45) is 1.30. The summed E-state index contributed by atoms with van der Waals surface area (Å²) in [4.78, 5) is 42.7. The van der Waals surface area contributed by atoms with Gasteiger partial charge in [-0.3, -0.25) is 14.4 Å². The molecule has 0 saturated carbocycles. The number of esters is 1. The molecular weight excluding hydrogens is 496 g/mol. The fourth-order valence-corrected chi connectivity index (χ4v) is 6.65. The van der Waals surface area contributed by atoms with E-state index in [2.05, 4.69) is 5.32 Å². The Kier molecular flexibility index (Phi) is 6.77. The molecule has 1 spiro atoms. The molecule has 8 nitrogen and oxygen atoms in total. The Morgan fingerprint density at radius 1 is 1.19 bits per heavy atom. The number of benzene rings is 2. The lowest BCUT2D eigenvalue weighted by atomic mass is 9.66. The predicted octanol–water partition coefficient (Wildman–Crippen LogP) is 3.21. The molecular formula is C28H31ClN2O6. The highest BCUT2D eigenvalue weighted by Gasteiger charge is 2.78. The molecule has 3 saturated heterocycles. The van der Waals surface area contributed by atoms with Crippen molar-refractivity contribution in [2.45, 2.75) is 56.4 Å². The van der Waals surface area contributed by atoms with Crippen LogP contribution < -0.4 is 5.32 Å². The Bertz CT molecular complexity index is 1190. The number of fused-ring (bicyclic) bond motifs is 1. The molecule has 3 fully saturated rings. The lowest BCUT2D eigenvalue weighted by Gasteiger charge is -2.37. The van der Waals surface area contributed by atoms with Crippen LogP contribution in [0.2, 0.25) is 5.02 Å². The molecule has 2 aromatic carbocycles. The lowest BCUT2D eigenvalue weighted by molar-refractivity contribution is -0.160. The van der Waals surface area contributed by atoms with E-state index in [1.165, 1.54) is 4.90 Å². The summed E-state index contributed by atoms with van der Waals surface area (Å²) in [5, 5.41) is 13.9. The molecule has 0 aliphatic carbocycles. The van der Waals surface area contributed by atoms with E-state index in [-0.39, 0.29) is 19.1 Å². The van der Waals surface area contributed by atoms with Crippen molar-refractivity contribution in [2.24, 2.45) is 11.8 Å². The molecule has 2 N–H and O–H groups in total. The number of carbonyl (C=O) groups excluding carboxylic acids is 3. The fraction of sp³-hybridized carbons (Fsp3) is 0.464. The summed E-state index contributed by atoms with van der Waals surface area (Å²) in [6, 6.07) is 14.4. The molecule has 2 aromatic rings. The van der Waals surface area contributed by atoms with Crippen molar-refractivity contribution in [3.8, 4) is 0 Å². The molecule has 2 bridgehead atoms. The van der Waals surface area contributed by atoms with Crippen LogP contribution in [-0.4, -0.2) is 64.3 Å². The summed E-state index contributed by atoms with van der Waals surface area (Å²) < 4.78 is 11.9. The minimum absolute atomic E-state index is 0.177. The van der Waals surface area contributed by atoms with Crippen molar-refractivity contribution in [3.05, 3.63) is 65.2 Å². The van der Waals surface area contributed by atoms with E-state index < -0.39 is 47.0 Å². The van der Waals surface area contributed by atoms with E-state index in [4.69, 9.17) is 21.1 Å². The highest BCUT2D eigenvalue weighted by molar-refractivity contribution is 6.30. The van der Waals surface area contributed by atoms with Gasteiger partial charge in [-0.05, 0) is 62.9 Å². The van der Waals surface area contributed by atoms with Gasteiger partial charge in [0.2, 0.25) is 11.8 Å². The monoisotopic (exact) mass is 526 g/mol. The first-order chi connectivity index (χ1) is 17.7. The fourth-order valence-electron chi connectivity index (χ4n) is 6.53. The predicted molar refractivity (Wildman–Crippen MR) is 137 cm³/mol. The van der Waals surface area contributed by atoms with Gasteiger partial charge in [-0.25, -0.2) is 0 Å². The quantitative estimate of drug-likeness (QED) is 0.512. The topological polar surface area (TPSA) is 105 Å². The number of hydrogen-bond donors (Lipinski definition) is 2. The summed E-state index contributed by atoms with van der Waals surface area (Å²) in [5.74, 6) is -3.00. The van der Waals surface area contributed by atoms with Gasteiger partial charge in [0.25, 0.3) is 0 Å². The number of rotatable bonds is 8. The van der Waals surface area contributed by atoms with Gasteiger partial charge in [0.05, 0.1) is 30.8 Å². The van der Waals surface area contributed by atoms with Crippen LogP contribution >= 0.6 is 11.6 Å². The van der Waals surface area contributed by atoms with E-state index in [1.807, 2.05) is 37.3 Å². The van der Waals surface area contributed by atoms with Crippen LogP contribution in [0.25, 0.3) is 0 Å². The third kappa shape index (κ3) is 4.21. The number of anilines is 1. The standard InChI is InChI=1S/C28H31ClN2O6/c1-3-36-26(35)22-21-25(34)31(20(16-32)15-17-7-5-4-6-8-17)23(28(21)14-13-27(22,2)37-28)24(33)30-19-11-9-18(29)10-12-19/h4-12,20-23,32H,3,13-16H2,1-2H3,(H,30,33)/t20-,21+,22+,23?,27-,28?/m1/s1. The zero-order valence-corrected chi connectivity index (χ0v) is 21.6. The number of halogens is 1. The average Bonchev–Trinajstić information content (AvgIpc) is 3.45. The highest BCUT2D eigenvalue weighted by atomic mass is 35.5. The number of carbonyl (C=O) groups is 3. The van der Waals surface area contributed by atoms with Crippen molar-refractivity contribution in [1.29, 1.82) is 0 Å². The van der Waals surface area contributed by atoms with Crippen LogP contribution in [0.4, 0.5) is 5.69 Å². The first kappa shape index (κ1) is 25.7. The third-order valence-electron chi connectivity index (χ3n) is 8.03. The zero-order valence-electron chi connectivity index (χ0n) is 20.9. The summed E-state index contributed by atoms with van der Waals surface area (Å²) >= 11 is 6.01. The van der Waals surface area contributed by atoms with Gasteiger partial charge >= 0.3 is 5.97 Å². The Morgan fingerprint density at radius 2 is 1.89 bits per heavy atom. The number of aliphatic hydroxyl groups excluding tert-OH is 1. The molecule has 5 rings (SSSR count). The second-order valence-electron chi connectivity index (χ2n) is 10.2. The first-order valence-electron chi connectivity index (χ1n) is 12.6. The van der Waals surface area contributed by atoms with Crippen molar-refractivity contribution >= 4 is 35.1 Å². The van der Waals surface area contributed by atoms with Gasteiger partial charge in [0.1, 0.15) is 17.6 Å². The molecule has 3 aliphatic heterocycles. The van der Waals surface area contributed by atoms with Gasteiger partial charge in [-0.15, -0.1) is 0 Å². The zero-order chi connectivity index (χ0) is 26.4. The molecule has 2 amide bonds. The van der Waals surface area contributed by atoms with E-state index in [0.29, 0.717) is 30.0 Å². The maximum absolute atomic E-state index is 14.2. The molecule has 3 heterocycles. The summed E-state index contributed by atoms with van der Waals surface area (Å²) in [7, 11) is 0. The maximum atomic E-state index is 14.2. The SMILES string of the molecule is CCOC(=O)[C@@H]1[C@H]2C(=O)N([C@@H](CO)Cc3ccccc3)C(C(=O)Nc3ccc(Cl)cc3)C23CC[C@@]1(C)O3. The number of aliphatic hydroxyl groups is 1. The first-order valence-corrected chi connectivity index (χ1v) is 13.0. The molecule has 3 aliphatic rings. The largest absolute Gasteiger partial charge is 0.466 e. The van der Waals surface area contributed by atoms with Crippen LogP contribution in [-0.2, 0) is 30.3 Å². The number of nitrogens with zero attached hydrogens (tertiary/aromatic N) is 1. The lowest BCUT2D eigenvalue weighted by Crippen LogP contribution is -2.57. The number of ether oxygens (including phenoxy) is 2. The second-order valence-corrected chi connectivity index (χ2v) is 10.7. The average molecular weight is 527 g/mol. The van der Waals surface area contributed by atoms with Crippen LogP contribution in [0.5, 0.6) is 0 Å². The van der Waals surface area contributed by atoms with Crippen molar-refractivity contribution < 1.29 is 29.0 Å². The molecule has 0 radical (unpaired) electrons. The molecule has 9 heteroatoms. The third-order valence-corrected chi connectivity index (χ3v) is 8.29. The van der Waals surface area contributed by atoms with Gasteiger partial charge in [0.15, 0.2) is 0 Å². The Morgan fingerprint density at radius 3 is 2.54 bits per heavy atom. The number of amides is 2. The Labute approximate surface area is 220 Å². The van der Waals surface area contributed by atoms with E-state index in [9.17, 15) is 19.5 Å². The molecule has 37 heavy (non-hydrogen) atoms. The van der Waals surface area contributed by atoms with Gasteiger partial charge in [0, 0.05) is 10.7 Å². The Balaban J connectivity index is 1.56. The van der Waals surface area contributed by atoms with E-state index in [0.717, 1.165) is 5.56 Å². The van der Waals surface area contributed by atoms with Gasteiger partial charge < -0.3 is 24.8 Å². The minimum Gasteiger partial charge on any atom is -0.466 e. The summed E-state index contributed by atoms with van der Waals surface area (Å²) in [5.41, 5.74) is -0.680. The molecule has 0 aromatic heterocycles. The van der Waals surface area contributed by atoms with E-state index >= 15 is 0 Å². The second kappa shape index (κ2) is 9.74. The van der Waals surface area contributed by atoms with Crippen LogP contribution in [0.1, 0.15) is 32.3 Å². The number of likely N-dealkylation sites (tertiary alicyclic amines) is 1. The Hall–Kier alpha value is -2.94.